The van der Waals surface area contributed by atoms with Gasteiger partial charge in [0.05, 0.1) is 12.6 Å². The Kier molecular flexibility index (Phi) is 4.07. The zero-order chi connectivity index (χ0) is 12.3. The largest absolute Gasteiger partial charge is 0.394 e. The SMILES string of the molecule is CC(=O)N(C)C(CO)c1cc(C)ccc1C. The van der Waals surface area contributed by atoms with Crippen LogP contribution >= 0.6 is 0 Å². The fraction of sp³-hybridized carbons (Fsp3) is 0.462. The van der Waals surface area contributed by atoms with E-state index >= 15 is 0 Å². The van der Waals surface area contributed by atoms with Crippen LogP contribution < -0.4 is 0 Å². The Balaban J connectivity index is 3.12. The second kappa shape index (κ2) is 5.12. The first-order valence-electron chi connectivity index (χ1n) is 5.38. The van der Waals surface area contributed by atoms with Gasteiger partial charge in [0, 0.05) is 14.0 Å². The van der Waals surface area contributed by atoms with Crippen molar-refractivity contribution in [1.82, 2.24) is 4.90 Å². The first kappa shape index (κ1) is 12.7. The van der Waals surface area contributed by atoms with E-state index in [-0.39, 0.29) is 18.6 Å². The van der Waals surface area contributed by atoms with Gasteiger partial charge in [0.15, 0.2) is 0 Å². The smallest absolute Gasteiger partial charge is 0.219 e. The number of carbonyl (C=O) groups is 1. The van der Waals surface area contributed by atoms with Crippen molar-refractivity contribution < 1.29 is 9.90 Å². The monoisotopic (exact) mass is 221 g/mol. The van der Waals surface area contributed by atoms with Crippen molar-refractivity contribution in [2.24, 2.45) is 0 Å². The number of rotatable bonds is 3. The second-order valence-electron chi connectivity index (χ2n) is 4.19. The van der Waals surface area contributed by atoms with Gasteiger partial charge in [-0.3, -0.25) is 4.79 Å². The molecule has 0 spiro atoms. The average Bonchev–Trinajstić information content (AvgIpc) is 2.23. The third kappa shape index (κ3) is 2.61. The van der Waals surface area contributed by atoms with E-state index in [1.165, 1.54) is 6.92 Å². The van der Waals surface area contributed by atoms with Crippen LogP contribution in [0.4, 0.5) is 0 Å². The van der Waals surface area contributed by atoms with E-state index in [0.717, 1.165) is 16.7 Å². The highest BCUT2D eigenvalue weighted by molar-refractivity contribution is 5.73. The van der Waals surface area contributed by atoms with Crippen LogP contribution in [-0.2, 0) is 4.79 Å². The number of aryl methyl sites for hydroxylation is 2. The molecule has 3 heteroatoms. The summed E-state index contributed by atoms with van der Waals surface area (Å²) in [6, 6.07) is 5.82. The van der Waals surface area contributed by atoms with Gasteiger partial charge >= 0.3 is 0 Å². The number of aliphatic hydroxyl groups excluding tert-OH is 1. The van der Waals surface area contributed by atoms with Crippen LogP contribution in [0.15, 0.2) is 18.2 Å². The van der Waals surface area contributed by atoms with E-state index < -0.39 is 0 Å². The highest BCUT2D eigenvalue weighted by Crippen LogP contribution is 2.23. The van der Waals surface area contributed by atoms with Gasteiger partial charge in [0.1, 0.15) is 0 Å². The number of carbonyl (C=O) groups excluding carboxylic acids is 1. The van der Waals surface area contributed by atoms with Crippen molar-refractivity contribution in [1.29, 1.82) is 0 Å². The molecule has 1 atom stereocenters. The number of aliphatic hydroxyl groups is 1. The van der Waals surface area contributed by atoms with E-state index in [4.69, 9.17) is 0 Å². The Morgan fingerprint density at radius 2 is 2.06 bits per heavy atom. The predicted octanol–water partition coefficient (Wildman–Crippen LogP) is 1.82. The number of likely N-dealkylation sites (N-methyl/N-ethyl adjacent to an activating group) is 1. The summed E-state index contributed by atoms with van der Waals surface area (Å²) in [4.78, 5) is 12.9. The van der Waals surface area contributed by atoms with Crippen LogP contribution in [0.3, 0.4) is 0 Å². The predicted molar refractivity (Wildman–Crippen MR) is 64.2 cm³/mol. The topological polar surface area (TPSA) is 40.5 Å². The van der Waals surface area contributed by atoms with Gasteiger partial charge in [-0.15, -0.1) is 0 Å². The minimum atomic E-state index is -0.252. The molecule has 3 nitrogen and oxygen atoms in total. The van der Waals surface area contributed by atoms with E-state index in [0.29, 0.717) is 0 Å². The second-order valence-corrected chi connectivity index (χ2v) is 4.19. The van der Waals surface area contributed by atoms with Crippen molar-refractivity contribution in [3.63, 3.8) is 0 Å². The lowest BCUT2D eigenvalue weighted by molar-refractivity contribution is -0.130. The Labute approximate surface area is 96.7 Å². The molecule has 1 unspecified atom stereocenters. The molecule has 16 heavy (non-hydrogen) atoms. The molecule has 88 valence electrons. The molecule has 1 rings (SSSR count). The number of hydrogen-bond donors (Lipinski definition) is 1. The third-order valence-electron chi connectivity index (χ3n) is 2.93. The molecular weight excluding hydrogens is 202 g/mol. The summed E-state index contributed by atoms with van der Waals surface area (Å²) in [6.07, 6.45) is 0. The van der Waals surface area contributed by atoms with Crippen molar-refractivity contribution in [2.45, 2.75) is 26.8 Å². The number of hydrogen-bond acceptors (Lipinski definition) is 2. The van der Waals surface area contributed by atoms with E-state index in [2.05, 4.69) is 0 Å². The van der Waals surface area contributed by atoms with Gasteiger partial charge in [0.25, 0.3) is 0 Å². The molecule has 0 aliphatic carbocycles. The molecular formula is C13H19NO2. The van der Waals surface area contributed by atoms with Crippen LogP contribution in [0, 0.1) is 13.8 Å². The van der Waals surface area contributed by atoms with E-state index in [1.807, 2.05) is 32.0 Å². The van der Waals surface area contributed by atoms with E-state index in [1.54, 1.807) is 11.9 Å². The van der Waals surface area contributed by atoms with Crippen molar-refractivity contribution in [3.05, 3.63) is 34.9 Å². The lowest BCUT2D eigenvalue weighted by atomic mass is 9.98. The summed E-state index contributed by atoms with van der Waals surface area (Å²) >= 11 is 0. The lowest BCUT2D eigenvalue weighted by Gasteiger charge is -2.27. The van der Waals surface area contributed by atoms with Gasteiger partial charge in [-0.05, 0) is 25.0 Å². The van der Waals surface area contributed by atoms with Gasteiger partial charge in [-0.25, -0.2) is 0 Å². The van der Waals surface area contributed by atoms with Crippen molar-refractivity contribution in [3.8, 4) is 0 Å². The summed E-state index contributed by atoms with van der Waals surface area (Å²) in [5.74, 6) is -0.0417. The van der Waals surface area contributed by atoms with Crippen LogP contribution in [0.2, 0.25) is 0 Å². The van der Waals surface area contributed by atoms with Crippen LogP contribution in [0.5, 0.6) is 0 Å². The molecule has 1 N–H and O–H groups in total. The first-order chi connectivity index (χ1) is 7.47. The molecule has 0 heterocycles. The van der Waals surface area contributed by atoms with Crippen LogP contribution in [0.25, 0.3) is 0 Å². The van der Waals surface area contributed by atoms with Gasteiger partial charge in [-0.2, -0.15) is 0 Å². The van der Waals surface area contributed by atoms with Gasteiger partial charge in [-0.1, -0.05) is 23.8 Å². The molecule has 0 aliphatic rings. The number of nitrogens with zero attached hydrogens (tertiary/aromatic N) is 1. The summed E-state index contributed by atoms with van der Waals surface area (Å²) in [5, 5.41) is 9.42. The summed E-state index contributed by atoms with van der Waals surface area (Å²) in [5.41, 5.74) is 3.24. The molecule has 0 aliphatic heterocycles. The average molecular weight is 221 g/mol. The van der Waals surface area contributed by atoms with Crippen molar-refractivity contribution >= 4 is 5.91 Å². The molecule has 0 saturated carbocycles. The fourth-order valence-electron chi connectivity index (χ4n) is 1.77. The Morgan fingerprint density at radius 3 is 2.56 bits per heavy atom. The lowest BCUT2D eigenvalue weighted by Crippen LogP contribution is -2.31. The Bertz CT molecular complexity index is 388. The van der Waals surface area contributed by atoms with Crippen LogP contribution in [0.1, 0.15) is 29.7 Å². The third-order valence-corrected chi connectivity index (χ3v) is 2.93. The zero-order valence-corrected chi connectivity index (χ0v) is 10.3. The molecule has 0 fully saturated rings. The van der Waals surface area contributed by atoms with Gasteiger partial charge in [0.2, 0.25) is 5.91 Å². The molecule has 1 amide bonds. The maximum absolute atomic E-state index is 11.3. The number of benzene rings is 1. The highest BCUT2D eigenvalue weighted by atomic mass is 16.3. The highest BCUT2D eigenvalue weighted by Gasteiger charge is 2.19. The minimum absolute atomic E-state index is 0.0417. The molecule has 0 bridgehead atoms. The molecule has 0 aromatic heterocycles. The minimum Gasteiger partial charge on any atom is -0.394 e. The van der Waals surface area contributed by atoms with E-state index in [9.17, 15) is 9.90 Å². The van der Waals surface area contributed by atoms with Crippen LogP contribution in [-0.4, -0.2) is 29.6 Å². The molecule has 1 aromatic rings. The Morgan fingerprint density at radius 1 is 1.44 bits per heavy atom. The maximum atomic E-state index is 11.3. The van der Waals surface area contributed by atoms with Gasteiger partial charge < -0.3 is 10.0 Å². The fourth-order valence-corrected chi connectivity index (χ4v) is 1.77. The summed E-state index contributed by atoms with van der Waals surface area (Å²) in [7, 11) is 1.71. The quantitative estimate of drug-likeness (QED) is 0.845. The molecule has 1 aromatic carbocycles. The maximum Gasteiger partial charge on any atom is 0.219 e. The molecule has 0 radical (unpaired) electrons. The zero-order valence-electron chi connectivity index (χ0n) is 10.3. The number of amides is 1. The summed E-state index contributed by atoms with van der Waals surface area (Å²) in [6.45, 7) is 5.45. The normalized spacial score (nSPS) is 12.3. The standard InChI is InChI=1S/C13H19NO2/c1-9-5-6-10(2)12(7-9)13(8-15)14(4)11(3)16/h5-7,13,15H,8H2,1-4H3. The van der Waals surface area contributed by atoms with Crippen molar-refractivity contribution in [2.75, 3.05) is 13.7 Å². The summed E-state index contributed by atoms with van der Waals surface area (Å²) < 4.78 is 0. The molecule has 0 saturated heterocycles. The Hall–Kier alpha value is -1.35. The first-order valence-corrected chi connectivity index (χ1v) is 5.38.